The number of benzene rings is 2. The SMILES string of the molecule is CCOc1ccc2oc(C(=O)Nc3ccc(NC(=O)c4ccco4)cc3C(F)(F)F)c(C)c2c1. The van der Waals surface area contributed by atoms with Crippen molar-refractivity contribution in [3.8, 4) is 5.75 Å². The van der Waals surface area contributed by atoms with E-state index in [-0.39, 0.29) is 17.2 Å². The summed E-state index contributed by atoms with van der Waals surface area (Å²) >= 11 is 0. The highest BCUT2D eigenvalue weighted by molar-refractivity contribution is 6.07. The number of amides is 2. The quantitative estimate of drug-likeness (QED) is 0.346. The Hall–Kier alpha value is -4.21. The Morgan fingerprint density at radius 2 is 1.82 bits per heavy atom. The van der Waals surface area contributed by atoms with Crippen molar-refractivity contribution >= 4 is 34.2 Å². The predicted molar refractivity (Wildman–Crippen MR) is 118 cm³/mol. The van der Waals surface area contributed by atoms with Crippen LogP contribution < -0.4 is 15.4 Å². The number of hydrogen-bond donors (Lipinski definition) is 2. The van der Waals surface area contributed by atoms with Gasteiger partial charge >= 0.3 is 6.18 Å². The molecule has 0 aliphatic carbocycles. The van der Waals surface area contributed by atoms with Gasteiger partial charge in [0.25, 0.3) is 11.8 Å². The number of nitrogens with one attached hydrogen (secondary N) is 2. The normalized spacial score (nSPS) is 11.4. The molecule has 0 saturated heterocycles. The van der Waals surface area contributed by atoms with Crippen LogP contribution in [0.3, 0.4) is 0 Å². The van der Waals surface area contributed by atoms with E-state index < -0.39 is 29.2 Å². The molecule has 2 heterocycles. The van der Waals surface area contributed by atoms with Crippen LogP contribution in [0.15, 0.2) is 63.6 Å². The Balaban J connectivity index is 1.62. The fourth-order valence-electron chi connectivity index (χ4n) is 3.42. The third kappa shape index (κ3) is 4.61. The number of ether oxygens (including phenoxy) is 1. The van der Waals surface area contributed by atoms with Gasteiger partial charge in [0, 0.05) is 16.6 Å². The largest absolute Gasteiger partial charge is 0.494 e. The Kier molecular flexibility index (Phi) is 6.06. The zero-order valence-corrected chi connectivity index (χ0v) is 18.1. The first-order valence-corrected chi connectivity index (χ1v) is 10.2. The van der Waals surface area contributed by atoms with Gasteiger partial charge in [0.15, 0.2) is 11.5 Å². The van der Waals surface area contributed by atoms with Crippen LogP contribution in [0.5, 0.6) is 5.75 Å². The number of alkyl halides is 3. The lowest BCUT2D eigenvalue weighted by Gasteiger charge is -2.15. The van der Waals surface area contributed by atoms with Gasteiger partial charge in [-0.1, -0.05) is 0 Å². The minimum atomic E-state index is -4.80. The lowest BCUT2D eigenvalue weighted by Crippen LogP contribution is -2.18. The number of anilines is 2. The summed E-state index contributed by atoms with van der Waals surface area (Å²) in [4.78, 5) is 24.9. The first-order chi connectivity index (χ1) is 16.2. The van der Waals surface area contributed by atoms with Crippen LogP contribution in [-0.2, 0) is 6.18 Å². The Labute approximate surface area is 191 Å². The molecular weight excluding hydrogens is 453 g/mol. The number of halogens is 3. The molecule has 4 aromatic rings. The lowest BCUT2D eigenvalue weighted by atomic mass is 10.1. The molecule has 0 aliphatic heterocycles. The van der Waals surface area contributed by atoms with Gasteiger partial charge < -0.3 is 24.2 Å². The average molecular weight is 472 g/mol. The Morgan fingerprint density at radius 3 is 2.50 bits per heavy atom. The third-order valence-electron chi connectivity index (χ3n) is 5.00. The molecule has 34 heavy (non-hydrogen) atoms. The van der Waals surface area contributed by atoms with Gasteiger partial charge in [0.2, 0.25) is 0 Å². The molecule has 2 aromatic heterocycles. The molecule has 10 heteroatoms. The highest BCUT2D eigenvalue weighted by atomic mass is 19.4. The van der Waals surface area contributed by atoms with Crippen LogP contribution in [0.1, 0.15) is 39.2 Å². The lowest BCUT2D eigenvalue weighted by molar-refractivity contribution is -0.136. The van der Waals surface area contributed by atoms with E-state index >= 15 is 0 Å². The molecule has 2 aromatic carbocycles. The van der Waals surface area contributed by atoms with E-state index in [2.05, 4.69) is 10.6 Å². The predicted octanol–water partition coefficient (Wildman–Crippen LogP) is 6.26. The second-order valence-corrected chi connectivity index (χ2v) is 7.29. The molecule has 0 radical (unpaired) electrons. The fourth-order valence-corrected chi connectivity index (χ4v) is 3.42. The summed E-state index contributed by atoms with van der Waals surface area (Å²) < 4.78 is 57.2. The zero-order chi connectivity index (χ0) is 24.5. The fraction of sp³-hybridized carbons (Fsp3) is 0.167. The molecule has 0 aliphatic rings. The van der Waals surface area contributed by atoms with Crippen LogP contribution in [0.25, 0.3) is 11.0 Å². The standard InChI is InChI=1S/C24H19F3N2O5/c1-3-32-15-7-9-19-16(12-15)13(2)21(34-19)23(31)29-18-8-6-14(11-17(18)24(25,26)27)28-22(30)20-5-4-10-33-20/h4-12H,3H2,1-2H3,(H,28,30)(H,29,31). The summed E-state index contributed by atoms with van der Waals surface area (Å²) in [6, 6.07) is 10.9. The van der Waals surface area contributed by atoms with E-state index in [9.17, 15) is 22.8 Å². The van der Waals surface area contributed by atoms with Gasteiger partial charge in [-0.3, -0.25) is 9.59 Å². The van der Waals surface area contributed by atoms with E-state index in [0.717, 1.165) is 12.1 Å². The number of furan rings is 2. The topological polar surface area (TPSA) is 93.7 Å². The van der Waals surface area contributed by atoms with Crippen molar-refractivity contribution in [2.45, 2.75) is 20.0 Å². The van der Waals surface area contributed by atoms with Gasteiger partial charge in [-0.15, -0.1) is 0 Å². The van der Waals surface area contributed by atoms with E-state index in [4.69, 9.17) is 13.6 Å². The molecule has 0 atom stereocenters. The summed E-state index contributed by atoms with van der Waals surface area (Å²) in [5.41, 5.74) is -0.868. The van der Waals surface area contributed by atoms with Crippen molar-refractivity contribution in [3.63, 3.8) is 0 Å². The molecule has 0 spiro atoms. The Bertz CT molecular complexity index is 1360. The second-order valence-electron chi connectivity index (χ2n) is 7.29. The molecule has 0 saturated carbocycles. The minimum Gasteiger partial charge on any atom is -0.494 e. The van der Waals surface area contributed by atoms with Crippen LogP contribution >= 0.6 is 0 Å². The maximum atomic E-state index is 13.7. The Morgan fingerprint density at radius 1 is 1.03 bits per heavy atom. The van der Waals surface area contributed by atoms with Crippen molar-refractivity contribution in [1.82, 2.24) is 0 Å². The van der Waals surface area contributed by atoms with Gasteiger partial charge in [0.1, 0.15) is 11.3 Å². The molecule has 4 rings (SSSR count). The molecule has 2 amide bonds. The van der Waals surface area contributed by atoms with Crippen LogP contribution in [-0.4, -0.2) is 18.4 Å². The van der Waals surface area contributed by atoms with Gasteiger partial charge in [-0.05, 0) is 62.4 Å². The van der Waals surface area contributed by atoms with Gasteiger partial charge in [0.05, 0.1) is 24.1 Å². The summed E-state index contributed by atoms with van der Waals surface area (Å²) in [6.45, 7) is 3.92. The summed E-state index contributed by atoms with van der Waals surface area (Å²) in [5, 5.41) is 5.22. The number of fused-ring (bicyclic) bond motifs is 1. The summed E-state index contributed by atoms with van der Waals surface area (Å²) in [6.07, 6.45) is -3.53. The number of rotatable bonds is 6. The van der Waals surface area contributed by atoms with Crippen molar-refractivity contribution in [3.05, 3.63) is 77.4 Å². The molecule has 7 nitrogen and oxygen atoms in total. The smallest absolute Gasteiger partial charge is 0.418 e. The first-order valence-electron chi connectivity index (χ1n) is 10.2. The molecule has 2 N–H and O–H groups in total. The molecule has 0 fully saturated rings. The van der Waals surface area contributed by atoms with Crippen molar-refractivity contribution in [1.29, 1.82) is 0 Å². The number of carbonyl (C=O) groups is 2. The number of hydrogen-bond acceptors (Lipinski definition) is 5. The van der Waals surface area contributed by atoms with Crippen molar-refractivity contribution in [2.24, 2.45) is 0 Å². The van der Waals surface area contributed by atoms with E-state index in [0.29, 0.717) is 28.9 Å². The maximum absolute atomic E-state index is 13.7. The van der Waals surface area contributed by atoms with E-state index in [1.807, 2.05) is 6.92 Å². The van der Waals surface area contributed by atoms with Gasteiger partial charge in [-0.25, -0.2) is 0 Å². The maximum Gasteiger partial charge on any atom is 0.418 e. The summed E-state index contributed by atoms with van der Waals surface area (Å²) in [7, 11) is 0. The number of aryl methyl sites for hydroxylation is 1. The average Bonchev–Trinajstić information content (AvgIpc) is 3.43. The highest BCUT2D eigenvalue weighted by Crippen LogP contribution is 2.37. The van der Waals surface area contributed by atoms with Crippen LogP contribution in [0, 0.1) is 6.92 Å². The number of carbonyl (C=O) groups excluding carboxylic acids is 2. The molecule has 0 unspecified atom stereocenters. The highest BCUT2D eigenvalue weighted by Gasteiger charge is 2.35. The molecular formula is C24H19F3N2O5. The van der Waals surface area contributed by atoms with Crippen LogP contribution in [0.2, 0.25) is 0 Å². The monoisotopic (exact) mass is 472 g/mol. The van der Waals surface area contributed by atoms with Crippen LogP contribution in [0.4, 0.5) is 24.5 Å². The van der Waals surface area contributed by atoms with E-state index in [1.165, 1.54) is 24.5 Å². The third-order valence-corrected chi connectivity index (χ3v) is 5.00. The van der Waals surface area contributed by atoms with Crippen molar-refractivity contribution in [2.75, 3.05) is 17.2 Å². The minimum absolute atomic E-state index is 0.0567. The molecule has 176 valence electrons. The zero-order valence-electron chi connectivity index (χ0n) is 18.1. The summed E-state index contributed by atoms with van der Waals surface area (Å²) in [5.74, 6) is -1.15. The van der Waals surface area contributed by atoms with Crippen molar-refractivity contribution < 1.29 is 36.3 Å². The van der Waals surface area contributed by atoms with E-state index in [1.54, 1.807) is 25.1 Å². The second kappa shape index (κ2) is 8.97. The first kappa shape index (κ1) is 23.0. The molecule has 0 bridgehead atoms. The van der Waals surface area contributed by atoms with Gasteiger partial charge in [-0.2, -0.15) is 13.2 Å².